The lowest BCUT2D eigenvalue weighted by molar-refractivity contribution is -0.119. The molecule has 2 N–H and O–H groups in total. The van der Waals surface area contributed by atoms with Crippen LogP contribution in [0.25, 0.3) is 33.6 Å². The summed E-state index contributed by atoms with van der Waals surface area (Å²) in [5, 5.41) is 13.9. The summed E-state index contributed by atoms with van der Waals surface area (Å²) in [6.45, 7) is 10.8. The molecular formula is C41H48Cl2N6O5. The fourth-order valence-corrected chi connectivity index (χ4v) is 7.63. The molecule has 2 amide bonds. The van der Waals surface area contributed by atoms with E-state index in [2.05, 4.69) is 34.3 Å². The number of nitrogens with zero attached hydrogens (tertiary/aromatic N) is 5. The molecule has 0 aliphatic carbocycles. The predicted octanol–water partition coefficient (Wildman–Crippen LogP) is 7.44. The van der Waals surface area contributed by atoms with Gasteiger partial charge >= 0.3 is 6.09 Å². The average molecular weight is 776 g/mol. The zero-order valence-corrected chi connectivity index (χ0v) is 33.2. The number of carbonyl (C=O) groups is 2. The number of halogens is 2. The SMILES string of the molecule is COc1nc(-c2cccc(-c3ccnc(-c4ccc5c(c4)N(C)CCN(C[C@H](C)O)C5)c3Cl)c2Cl)ccc1CN(C[C@@H]1CCC(=O)N1)C(=O)OC(C)(C)C. The highest BCUT2D eigenvalue weighted by molar-refractivity contribution is 6.39. The second kappa shape index (κ2) is 16.5. The van der Waals surface area contributed by atoms with E-state index in [1.165, 1.54) is 12.7 Å². The van der Waals surface area contributed by atoms with Crippen LogP contribution >= 0.6 is 23.2 Å². The largest absolute Gasteiger partial charge is 0.481 e. The van der Waals surface area contributed by atoms with Crippen molar-refractivity contribution in [1.82, 2.24) is 25.1 Å². The van der Waals surface area contributed by atoms with Gasteiger partial charge in [-0.25, -0.2) is 9.78 Å². The molecule has 0 spiro atoms. The molecule has 0 radical (unpaired) electrons. The standard InChI is InChI=1S/C41H48Cl2N6O5/c1-25(50)21-48-19-18-47(5)34-20-26(10-11-27(34)22-48)38-37(43)31(16-17-44-38)30-8-7-9-32(36(30)42)33-14-12-28(39(46-33)53-6)23-49(40(52)54-41(2,3)4)24-29-13-15-35(51)45-29/h7-12,14,16-17,20,25,29,50H,13,15,18-19,21-24H2,1-6H3,(H,45,51)/t25-,29-/m0/s1. The van der Waals surface area contributed by atoms with Gasteiger partial charge in [0.15, 0.2) is 0 Å². The summed E-state index contributed by atoms with van der Waals surface area (Å²) in [6.07, 6.45) is 1.92. The molecule has 2 aliphatic rings. The van der Waals surface area contributed by atoms with Gasteiger partial charge in [0.25, 0.3) is 0 Å². The Morgan fingerprint density at radius 2 is 1.83 bits per heavy atom. The summed E-state index contributed by atoms with van der Waals surface area (Å²) in [5.41, 5.74) is 6.51. The Kier molecular flexibility index (Phi) is 12.0. The zero-order valence-electron chi connectivity index (χ0n) is 31.7. The maximum Gasteiger partial charge on any atom is 0.410 e. The number of β-amino-alcohol motifs (C(OH)–C–C–N with tert-alkyl or cyclic N) is 1. The Morgan fingerprint density at radius 1 is 1.07 bits per heavy atom. The normalized spacial score (nSPS) is 16.7. The van der Waals surface area contributed by atoms with Crippen molar-refractivity contribution >= 4 is 40.9 Å². The highest BCUT2D eigenvalue weighted by Gasteiger charge is 2.30. The Hall–Kier alpha value is -4.42. The number of hydrogen-bond acceptors (Lipinski definition) is 9. The Morgan fingerprint density at radius 3 is 2.54 bits per heavy atom. The van der Waals surface area contributed by atoms with Crippen molar-refractivity contribution < 1.29 is 24.2 Å². The molecule has 2 atom stereocenters. The van der Waals surface area contributed by atoms with Crippen LogP contribution in [0.5, 0.6) is 5.88 Å². The second-order valence-corrected chi connectivity index (χ2v) is 15.8. The topological polar surface area (TPSA) is 120 Å². The summed E-state index contributed by atoms with van der Waals surface area (Å²) in [5.74, 6) is 0.309. The summed E-state index contributed by atoms with van der Waals surface area (Å²) in [6, 6.07) is 17.4. The molecule has 1 saturated heterocycles. The molecule has 1 fully saturated rings. The van der Waals surface area contributed by atoms with Crippen molar-refractivity contribution in [2.75, 3.05) is 45.2 Å². The average Bonchev–Trinajstić information content (AvgIpc) is 3.47. The van der Waals surface area contributed by atoms with Crippen molar-refractivity contribution in [1.29, 1.82) is 0 Å². The van der Waals surface area contributed by atoms with Gasteiger partial charge in [-0.2, -0.15) is 0 Å². The first-order valence-corrected chi connectivity index (χ1v) is 19.0. The molecule has 286 valence electrons. The number of aliphatic hydroxyl groups is 1. The third kappa shape index (κ3) is 9.09. The molecule has 6 rings (SSSR count). The number of benzene rings is 2. The number of likely N-dealkylation sites (N-methyl/N-ethyl adjacent to an activating group) is 1. The van der Waals surface area contributed by atoms with Crippen LogP contribution in [-0.4, -0.2) is 95.0 Å². The molecule has 2 aliphatic heterocycles. The van der Waals surface area contributed by atoms with Crippen LogP contribution < -0.4 is 15.0 Å². The molecule has 0 unspecified atom stereocenters. The molecule has 54 heavy (non-hydrogen) atoms. The monoisotopic (exact) mass is 774 g/mol. The fraction of sp³-hybridized carbons (Fsp3) is 0.415. The molecule has 0 saturated carbocycles. The van der Waals surface area contributed by atoms with Crippen LogP contribution in [-0.2, 0) is 22.6 Å². The molecule has 11 nitrogen and oxygen atoms in total. The van der Waals surface area contributed by atoms with E-state index >= 15 is 0 Å². The fourth-order valence-electron chi connectivity index (χ4n) is 6.98. The van der Waals surface area contributed by atoms with Gasteiger partial charge in [0.1, 0.15) is 5.60 Å². The molecule has 2 aromatic carbocycles. The first kappa shape index (κ1) is 39.3. The van der Waals surface area contributed by atoms with Gasteiger partial charge in [0, 0.05) is 91.9 Å². The van der Waals surface area contributed by atoms with E-state index in [0.717, 1.165) is 42.0 Å². The Balaban J connectivity index is 1.29. The predicted molar refractivity (Wildman–Crippen MR) is 213 cm³/mol. The van der Waals surface area contributed by atoms with Crippen molar-refractivity contribution in [3.8, 4) is 39.5 Å². The lowest BCUT2D eigenvalue weighted by atomic mass is 9.98. The number of carbonyl (C=O) groups excluding carboxylic acids is 2. The highest BCUT2D eigenvalue weighted by Crippen LogP contribution is 2.42. The third-order valence-corrected chi connectivity index (χ3v) is 10.4. The number of hydrogen-bond donors (Lipinski definition) is 2. The zero-order chi connectivity index (χ0) is 38.7. The van der Waals surface area contributed by atoms with E-state index in [1.54, 1.807) is 11.1 Å². The van der Waals surface area contributed by atoms with E-state index < -0.39 is 17.8 Å². The lowest BCUT2D eigenvalue weighted by Crippen LogP contribution is -2.43. The minimum atomic E-state index is -0.695. The van der Waals surface area contributed by atoms with Gasteiger partial charge in [-0.3, -0.25) is 14.7 Å². The van der Waals surface area contributed by atoms with Crippen molar-refractivity contribution in [3.63, 3.8) is 0 Å². The van der Waals surface area contributed by atoms with Crippen molar-refractivity contribution in [2.45, 2.75) is 71.4 Å². The molecule has 4 heterocycles. The quantitative estimate of drug-likeness (QED) is 0.169. The van der Waals surface area contributed by atoms with Crippen LogP contribution in [0.3, 0.4) is 0 Å². The minimum Gasteiger partial charge on any atom is -0.481 e. The van der Waals surface area contributed by atoms with Gasteiger partial charge in [0.2, 0.25) is 11.8 Å². The summed E-state index contributed by atoms with van der Waals surface area (Å²) >= 11 is 14.3. The van der Waals surface area contributed by atoms with E-state index in [4.69, 9.17) is 42.6 Å². The highest BCUT2D eigenvalue weighted by atomic mass is 35.5. The summed E-state index contributed by atoms with van der Waals surface area (Å²) < 4.78 is 11.5. The first-order chi connectivity index (χ1) is 25.7. The minimum absolute atomic E-state index is 0.0280. The van der Waals surface area contributed by atoms with Crippen molar-refractivity contribution in [3.05, 3.63) is 82.0 Å². The van der Waals surface area contributed by atoms with Crippen LogP contribution in [0, 0.1) is 0 Å². The van der Waals surface area contributed by atoms with Crippen LogP contribution in [0.1, 0.15) is 51.7 Å². The number of rotatable bonds is 10. The Bertz CT molecular complexity index is 2020. The Labute approximate surface area is 327 Å². The molecule has 0 bridgehead atoms. The first-order valence-electron chi connectivity index (χ1n) is 18.2. The van der Waals surface area contributed by atoms with Crippen LogP contribution in [0.15, 0.2) is 60.8 Å². The third-order valence-electron chi connectivity index (χ3n) is 9.56. The smallest absolute Gasteiger partial charge is 0.410 e. The van der Waals surface area contributed by atoms with Gasteiger partial charge in [-0.1, -0.05) is 53.5 Å². The summed E-state index contributed by atoms with van der Waals surface area (Å²) in [7, 11) is 3.61. The van der Waals surface area contributed by atoms with Gasteiger partial charge in [-0.05, 0) is 63.9 Å². The van der Waals surface area contributed by atoms with Gasteiger partial charge < -0.3 is 29.7 Å². The van der Waals surface area contributed by atoms with Crippen molar-refractivity contribution in [2.24, 2.45) is 0 Å². The number of aromatic nitrogens is 2. The number of amides is 2. The van der Waals surface area contributed by atoms with E-state index in [-0.39, 0.29) is 18.5 Å². The number of fused-ring (bicyclic) bond motifs is 1. The number of pyridine rings is 2. The maximum atomic E-state index is 13.3. The number of methoxy groups -OCH3 is 1. The second-order valence-electron chi connectivity index (χ2n) is 15.1. The molecular weight excluding hydrogens is 727 g/mol. The lowest BCUT2D eigenvalue weighted by Gasteiger charge is -2.29. The number of ether oxygens (including phenoxy) is 2. The van der Waals surface area contributed by atoms with Crippen LogP contribution in [0.4, 0.5) is 10.5 Å². The number of anilines is 1. The molecule has 13 heteroatoms. The molecule has 4 aromatic rings. The number of aliphatic hydroxyl groups excluding tert-OH is 1. The van der Waals surface area contributed by atoms with Crippen LogP contribution in [0.2, 0.25) is 10.0 Å². The van der Waals surface area contributed by atoms with Gasteiger partial charge in [-0.15, -0.1) is 0 Å². The van der Waals surface area contributed by atoms with E-state index in [1.807, 2.05) is 70.2 Å². The number of nitrogens with one attached hydrogen (secondary N) is 1. The maximum absolute atomic E-state index is 13.3. The van der Waals surface area contributed by atoms with Gasteiger partial charge in [0.05, 0.1) is 41.2 Å². The van der Waals surface area contributed by atoms with E-state index in [0.29, 0.717) is 64.4 Å². The van der Waals surface area contributed by atoms with E-state index in [9.17, 15) is 14.7 Å². The molecule has 2 aromatic heterocycles. The summed E-state index contributed by atoms with van der Waals surface area (Å²) in [4.78, 5) is 40.8.